The van der Waals surface area contributed by atoms with Gasteiger partial charge in [0.1, 0.15) is 12.1 Å². The van der Waals surface area contributed by atoms with E-state index in [4.69, 9.17) is 16.3 Å². The fraction of sp³-hybridized carbons (Fsp3) is 0.469. The van der Waals surface area contributed by atoms with E-state index in [-0.39, 0.29) is 11.4 Å². The van der Waals surface area contributed by atoms with Crippen LogP contribution in [-0.2, 0) is 6.54 Å². The number of hydrogen-bond acceptors (Lipinski definition) is 6. The summed E-state index contributed by atoms with van der Waals surface area (Å²) in [6.45, 7) is 10.6. The highest BCUT2D eigenvalue weighted by atomic mass is 35.5. The number of hydrogen-bond donors (Lipinski definition) is 0. The molecule has 0 atom stereocenters. The molecule has 0 N–H and O–H groups in total. The molecule has 1 amide bonds. The predicted octanol–water partition coefficient (Wildman–Crippen LogP) is 5.92. The molecule has 0 saturated carbocycles. The van der Waals surface area contributed by atoms with Gasteiger partial charge in [-0.25, -0.2) is 9.97 Å². The molecular weight excluding hydrogens is 522 g/mol. The molecule has 0 aliphatic carbocycles. The number of halogens is 1. The van der Waals surface area contributed by atoms with Crippen molar-refractivity contribution in [2.45, 2.75) is 64.6 Å². The molecule has 2 aliphatic rings. The molecule has 5 rings (SSSR count). The van der Waals surface area contributed by atoms with E-state index in [2.05, 4.69) is 63.1 Å². The second-order valence-corrected chi connectivity index (χ2v) is 11.8. The Balaban J connectivity index is 1.25. The Morgan fingerprint density at radius 3 is 2.27 bits per heavy atom. The molecule has 2 aliphatic heterocycles. The fourth-order valence-corrected chi connectivity index (χ4v) is 6.58. The van der Waals surface area contributed by atoms with Gasteiger partial charge in [-0.3, -0.25) is 9.69 Å². The van der Waals surface area contributed by atoms with Crippen LogP contribution in [0.3, 0.4) is 0 Å². The van der Waals surface area contributed by atoms with E-state index in [1.54, 1.807) is 7.11 Å². The van der Waals surface area contributed by atoms with Gasteiger partial charge in [-0.1, -0.05) is 41.9 Å². The monoisotopic (exact) mass is 561 g/mol. The number of aromatic nitrogens is 2. The van der Waals surface area contributed by atoms with Gasteiger partial charge in [-0.15, -0.1) is 0 Å². The number of piperidine rings is 2. The summed E-state index contributed by atoms with van der Waals surface area (Å²) >= 11 is 6.55. The van der Waals surface area contributed by atoms with Crippen LogP contribution in [0.25, 0.3) is 0 Å². The molecule has 2 fully saturated rings. The maximum Gasteiger partial charge on any atom is 0.257 e. The molecule has 212 valence electrons. The highest BCUT2D eigenvalue weighted by Gasteiger charge is 2.39. The molecule has 3 aromatic rings. The maximum absolute atomic E-state index is 13.3. The van der Waals surface area contributed by atoms with Crippen molar-refractivity contribution < 1.29 is 9.53 Å². The van der Waals surface area contributed by atoms with E-state index in [0.29, 0.717) is 22.4 Å². The average Bonchev–Trinajstić information content (AvgIpc) is 2.97. The third kappa shape index (κ3) is 5.96. The fourth-order valence-electron chi connectivity index (χ4n) is 6.33. The maximum atomic E-state index is 13.3. The topological polar surface area (TPSA) is 61.8 Å². The van der Waals surface area contributed by atoms with Crippen LogP contribution in [0.1, 0.15) is 59.9 Å². The standard InChI is InChI=1S/C32H40ClN5O2/c1-23-30(24(2)35-22-34-23)31(39)36-18-14-32(3,15-19-36)37-16-12-26(13-17-37)38(21-25-8-6-5-7-9-25)27-10-11-29(40-4)28(33)20-27/h5-11,20,22,26H,12-19,21H2,1-4H3. The lowest BCUT2D eigenvalue weighted by Gasteiger charge is -2.50. The summed E-state index contributed by atoms with van der Waals surface area (Å²) in [7, 11) is 1.65. The third-order valence-electron chi connectivity index (χ3n) is 8.90. The van der Waals surface area contributed by atoms with E-state index in [9.17, 15) is 4.79 Å². The van der Waals surface area contributed by atoms with Crippen LogP contribution >= 0.6 is 11.6 Å². The minimum atomic E-state index is 0.0612. The minimum absolute atomic E-state index is 0.0612. The molecule has 2 saturated heterocycles. The van der Waals surface area contributed by atoms with Crippen LogP contribution in [0.4, 0.5) is 5.69 Å². The Morgan fingerprint density at radius 1 is 1.02 bits per heavy atom. The largest absolute Gasteiger partial charge is 0.495 e. The van der Waals surface area contributed by atoms with E-state index < -0.39 is 0 Å². The first-order valence-electron chi connectivity index (χ1n) is 14.3. The number of amides is 1. The summed E-state index contributed by atoms with van der Waals surface area (Å²) in [6.07, 6.45) is 5.62. The first-order valence-corrected chi connectivity index (χ1v) is 14.6. The second-order valence-electron chi connectivity index (χ2n) is 11.4. The van der Waals surface area contributed by atoms with Crippen molar-refractivity contribution in [1.82, 2.24) is 19.8 Å². The minimum Gasteiger partial charge on any atom is -0.495 e. The van der Waals surface area contributed by atoms with E-state index in [1.807, 2.05) is 30.9 Å². The van der Waals surface area contributed by atoms with Gasteiger partial charge in [-0.2, -0.15) is 0 Å². The summed E-state index contributed by atoms with van der Waals surface area (Å²) in [5, 5.41) is 0.636. The van der Waals surface area contributed by atoms with Crippen LogP contribution < -0.4 is 9.64 Å². The summed E-state index contributed by atoms with van der Waals surface area (Å²) in [4.78, 5) is 29.0. The Kier molecular flexibility index (Phi) is 8.62. The van der Waals surface area contributed by atoms with Gasteiger partial charge >= 0.3 is 0 Å². The summed E-state index contributed by atoms with van der Waals surface area (Å²) < 4.78 is 5.41. The van der Waals surface area contributed by atoms with Gasteiger partial charge in [0.15, 0.2) is 0 Å². The number of aryl methyl sites for hydroxylation is 2. The van der Waals surface area contributed by atoms with Gasteiger partial charge in [0.05, 0.1) is 29.1 Å². The molecular formula is C32H40ClN5O2. The van der Waals surface area contributed by atoms with Crippen molar-refractivity contribution >= 4 is 23.2 Å². The Morgan fingerprint density at radius 2 is 1.68 bits per heavy atom. The zero-order valence-electron chi connectivity index (χ0n) is 24.1. The number of ether oxygens (including phenoxy) is 1. The number of likely N-dealkylation sites (tertiary alicyclic amines) is 2. The number of anilines is 1. The number of carbonyl (C=O) groups excluding carboxylic acids is 1. The zero-order chi connectivity index (χ0) is 28.3. The number of benzene rings is 2. The SMILES string of the molecule is COc1ccc(N(Cc2ccccc2)C2CCN(C3(C)CCN(C(=O)c4c(C)ncnc4C)CC3)CC2)cc1Cl. The molecule has 0 unspecified atom stereocenters. The number of rotatable bonds is 7. The van der Waals surface area contributed by atoms with Gasteiger partial charge in [-0.05, 0) is 70.2 Å². The summed E-state index contributed by atoms with van der Waals surface area (Å²) in [5.74, 6) is 0.758. The van der Waals surface area contributed by atoms with Crippen LogP contribution in [0.2, 0.25) is 5.02 Å². The van der Waals surface area contributed by atoms with Gasteiger partial charge < -0.3 is 14.5 Å². The molecule has 8 heteroatoms. The first-order chi connectivity index (χ1) is 19.3. The molecule has 2 aromatic carbocycles. The van der Waals surface area contributed by atoms with Crippen molar-refractivity contribution in [3.63, 3.8) is 0 Å². The van der Waals surface area contributed by atoms with Crippen molar-refractivity contribution in [2.24, 2.45) is 0 Å². The second kappa shape index (κ2) is 12.1. The highest BCUT2D eigenvalue weighted by molar-refractivity contribution is 6.32. The average molecular weight is 562 g/mol. The number of nitrogens with zero attached hydrogens (tertiary/aromatic N) is 5. The molecule has 3 heterocycles. The van der Waals surface area contributed by atoms with Gasteiger partial charge in [0, 0.05) is 50.0 Å². The van der Waals surface area contributed by atoms with Gasteiger partial charge in [0.25, 0.3) is 5.91 Å². The van der Waals surface area contributed by atoms with Crippen molar-refractivity contribution in [2.75, 3.05) is 38.2 Å². The molecule has 40 heavy (non-hydrogen) atoms. The van der Waals surface area contributed by atoms with E-state index >= 15 is 0 Å². The molecule has 7 nitrogen and oxygen atoms in total. The Labute approximate surface area is 243 Å². The smallest absolute Gasteiger partial charge is 0.257 e. The third-order valence-corrected chi connectivity index (χ3v) is 9.19. The van der Waals surface area contributed by atoms with Crippen LogP contribution in [0, 0.1) is 13.8 Å². The van der Waals surface area contributed by atoms with Crippen molar-refractivity contribution in [1.29, 1.82) is 0 Å². The summed E-state index contributed by atoms with van der Waals surface area (Å²) in [6, 6.07) is 17.2. The summed E-state index contributed by atoms with van der Waals surface area (Å²) in [5.41, 5.74) is 4.67. The predicted molar refractivity (Wildman–Crippen MR) is 160 cm³/mol. The lowest BCUT2D eigenvalue weighted by Crippen LogP contribution is -2.58. The Hall–Kier alpha value is -3.16. The lowest BCUT2D eigenvalue weighted by molar-refractivity contribution is 0.0170. The van der Waals surface area contributed by atoms with Crippen molar-refractivity contribution in [3.8, 4) is 5.75 Å². The van der Waals surface area contributed by atoms with E-state index in [0.717, 1.165) is 75.5 Å². The van der Waals surface area contributed by atoms with Crippen molar-refractivity contribution in [3.05, 3.63) is 82.4 Å². The lowest BCUT2D eigenvalue weighted by atomic mass is 9.85. The van der Waals surface area contributed by atoms with Crippen LogP contribution in [0.5, 0.6) is 5.75 Å². The van der Waals surface area contributed by atoms with Gasteiger partial charge in [0.2, 0.25) is 0 Å². The number of methoxy groups -OCH3 is 1. The van der Waals surface area contributed by atoms with Crippen LogP contribution in [0.15, 0.2) is 54.9 Å². The molecule has 0 bridgehead atoms. The quantitative estimate of drug-likeness (QED) is 0.357. The number of carbonyl (C=O) groups is 1. The first kappa shape index (κ1) is 28.4. The molecule has 0 spiro atoms. The molecule has 0 radical (unpaired) electrons. The Bertz CT molecular complexity index is 1300. The molecule has 1 aromatic heterocycles. The normalized spacial score (nSPS) is 18.0. The highest BCUT2D eigenvalue weighted by Crippen LogP contribution is 2.36. The zero-order valence-corrected chi connectivity index (χ0v) is 24.8. The van der Waals surface area contributed by atoms with Crippen LogP contribution in [-0.4, -0.2) is 70.5 Å². The van der Waals surface area contributed by atoms with E-state index in [1.165, 1.54) is 11.9 Å².